The number of anilines is 1. The molecule has 0 bridgehead atoms. The Balaban J connectivity index is 1.14. The molecule has 0 aliphatic carbocycles. The highest BCUT2D eigenvalue weighted by Gasteiger charge is 2.31. The first kappa shape index (κ1) is 28.7. The normalized spacial score (nSPS) is 14.0. The fraction of sp³-hybridized carbons (Fsp3) is 0.300. The third-order valence-electron chi connectivity index (χ3n) is 7.02. The predicted molar refractivity (Wildman–Crippen MR) is 152 cm³/mol. The molecule has 4 aromatic rings. The van der Waals surface area contributed by atoms with Gasteiger partial charge in [0.25, 0.3) is 5.56 Å². The molecule has 1 saturated heterocycles. The average molecular weight is 585 g/mol. The van der Waals surface area contributed by atoms with E-state index in [2.05, 4.69) is 4.98 Å². The summed E-state index contributed by atoms with van der Waals surface area (Å²) in [6.45, 7) is 1.85. The van der Waals surface area contributed by atoms with Crippen LogP contribution in [0, 0.1) is 5.82 Å². The lowest BCUT2D eigenvalue weighted by Crippen LogP contribution is -2.48. The largest absolute Gasteiger partial charge is 0.416 e. The van der Waals surface area contributed by atoms with Gasteiger partial charge in [-0.3, -0.25) is 14.2 Å². The van der Waals surface area contributed by atoms with Crippen molar-refractivity contribution in [2.24, 2.45) is 0 Å². The van der Waals surface area contributed by atoms with Gasteiger partial charge in [0.2, 0.25) is 5.91 Å². The summed E-state index contributed by atoms with van der Waals surface area (Å²) < 4.78 is 54.2. The second-order valence-electron chi connectivity index (χ2n) is 9.75. The second kappa shape index (κ2) is 12.3. The van der Waals surface area contributed by atoms with E-state index in [9.17, 15) is 27.2 Å². The molecule has 3 aromatic carbocycles. The molecule has 0 spiro atoms. The average Bonchev–Trinajstić information content (AvgIpc) is 2.97. The smallest absolute Gasteiger partial charge is 0.368 e. The Hall–Kier alpha value is -3.86. The molecule has 1 aromatic heterocycles. The molecule has 1 aliphatic heterocycles. The summed E-state index contributed by atoms with van der Waals surface area (Å²) in [5.74, 6) is 0.250. The number of nitrogens with zero attached hydrogens (tertiary/aromatic N) is 4. The van der Waals surface area contributed by atoms with Crippen LogP contribution in [0.1, 0.15) is 24.8 Å². The van der Waals surface area contributed by atoms with E-state index in [-0.39, 0.29) is 11.5 Å². The summed E-state index contributed by atoms with van der Waals surface area (Å²) in [5.41, 5.74) is 0.698. The summed E-state index contributed by atoms with van der Waals surface area (Å²) in [6, 6.07) is 18.0. The first-order chi connectivity index (χ1) is 19.7. The van der Waals surface area contributed by atoms with Gasteiger partial charge in [0.05, 0.1) is 22.2 Å². The zero-order valence-electron chi connectivity index (χ0n) is 22.1. The molecular formula is C30H28F4N4O2S. The molecule has 2 heterocycles. The van der Waals surface area contributed by atoms with E-state index >= 15 is 0 Å². The van der Waals surface area contributed by atoms with Gasteiger partial charge in [-0.05, 0) is 67.4 Å². The standard InChI is InChI=1S/C30H28F4N4O2S/c31-22-11-13-23(14-12-22)38-28(40)25-8-1-2-9-26(25)35-29(38)41-19-4-3-10-27(39)37-17-15-36(16-18-37)24-7-5-6-21(20-24)30(32,33)34/h1-2,5-9,11-14,20H,3-4,10,15-19H2. The van der Waals surface area contributed by atoms with Gasteiger partial charge in [0.1, 0.15) is 5.82 Å². The number of carbonyl (C=O) groups is 1. The summed E-state index contributed by atoms with van der Waals surface area (Å²) >= 11 is 1.41. The SMILES string of the molecule is O=C(CCCCSc1nc2ccccc2c(=O)n1-c1ccc(F)cc1)N1CCN(c2cccc(C(F)(F)F)c2)CC1. The molecule has 0 N–H and O–H groups in total. The minimum Gasteiger partial charge on any atom is -0.368 e. The topological polar surface area (TPSA) is 58.4 Å². The van der Waals surface area contributed by atoms with Gasteiger partial charge in [0.15, 0.2) is 5.16 Å². The molecule has 0 saturated carbocycles. The van der Waals surface area contributed by atoms with E-state index in [1.54, 1.807) is 41.3 Å². The summed E-state index contributed by atoms with van der Waals surface area (Å²) in [7, 11) is 0. The van der Waals surface area contributed by atoms with Crippen molar-refractivity contribution in [1.82, 2.24) is 14.5 Å². The highest BCUT2D eigenvalue weighted by atomic mass is 32.2. The molecule has 11 heteroatoms. The quantitative estimate of drug-likeness (QED) is 0.108. The highest BCUT2D eigenvalue weighted by Crippen LogP contribution is 2.32. The number of unbranched alkanes of at least 4 members (excludes halogenated alkanes) is 1. The fourth-order valence-electron chi connectivity index (χ4n) is 4.82. The number of hydrogen-bond acceptors (Lipinski definition) is 5. The van der Waals surface area contributed by atoms with Crippen LogP contribution in [0.15, 0.2) is 82.7 Å². The van der Waals surface area contributed by atoms with Gasteiger partial charge in [-0.25, -0.2) is 9.37 Å². The van der Waals surface area contributed by atoms with Crippen LogP contribution >= 0.6 is 11.8 Å². The van der Waals surface area contributed by atoms with Crippen molar-refractivity contribution in [3.05, 3.63) is 94.5 Å². The maximum atomic E-state index is 13.5. The lowest BCUT2D eigenvalue weighted by molar-refractivity contribution is -0.137. The number of carbonyl (C=O) groups excluding carboxylic acids is 1. The van der Waals surface area contributed by atoms with Gasteiger partial charge >= 0.3 is 6.18 Å². The summed E-state index contributed by atoms with van der Waals surface area (Å²) in [6.07, 6.45) is -2.67. The molecule has 6 nitrogen and oxygen atoms in total. The second-order valence-corrected chi connectivity index (χ2v) is 10.8. The Morgan fingerprint density at radius 1 is 0.878 bits per heavy atom. The van der Waals surface area contributed by atoms with Crippen LogP contribution in [0.25, 0.3) is 16.6 Å². The number of amides is 1. The van der Waals surface area contributed by atoms with Crippen LogP contribution < -0.4 is 10.5 Å². The Morgan fingerprint density at radius 3 is 2.34 bits per heavy atom. The summed E-state index contributed by atoms with van der Waals surface area (Å²) in [5, 5.41) is 0.970. The van der Waals surface area contributed by atoms with Crippen LogP contribution in [0.2, 0.25) is 0 Å². The highest BCUT2D eigenvalue weighted by molar-refractivity contribution is 7.99. The summed E-state index contributed by atoms with van der Waals surface area (Å²) in [4.78, 5) is 34.4. The lowest BCUT2D eigenvalue weighted by atomic mass is 10.1. The number of halogens is 4. The Bertz CT molecular complexity index is 1580. The molecule has 1 aliphatic rings. The Morgan fingerprint density at radius 2 is 1.61 bits per heavy atom. The van der Waals surface area contributed by atoms with Gasteiger partial charge in [-0.2, -0.15) is 13.2 Å². The Kier molecular flexibility index (Phi) is 8.63. The van der Waals surface area contributed by atoms with E-state index in [1.807, 2.05) is 11.0 Å². The first-order valence-electron chi connectivity index (χ1n) is 13.3. The van der Waals surface area contributed by atoms with Gasteiger partial charge in [0, 0.05) is 44.0 Å². The van der Waals surface area contributed by atoms with Gasteiger partial charge < -0.3 is 9.80 Å². The van der Waals surface area contributed by atoms with Gasteiger partial charge in [-0.15, -0.1) is 0 Å². The van der Waals surface area contributed by atoms with Crippen molar-refractivity contribution in [1.29, 1.82) is 0 Å². The number of thioether (sulfide) groups is 1. The van der Waals surface area contributed by atoms with E-state index < -0.39 is 17.6 Å². The number of benzene rings is 3. The molecular weight excluding hydrogens is 556 g/mol. The molecule has 214 valence electrons. The fourth-order valence-corrected chi connectivity index (χ4v) is 5.83. The van der Waals surface area contributed by atoms with Crippen molar-refractivity contribution in [2.45, 2.75) is 30.6 Å². The molecule has 41 heavy (non-hydrogen) atoms. The van der Waals surface area contributed by atoms with Crippen LogP contribution in [-0.4, -0.2) is 52.3 Å². The minimum absolute atomic E-state index is 0.0192. The molecule has 0 unspecified atom stereocenters. The van der Waals surface area contributed by atoms with Crippen molar-refractivity contribution in [3.8, 4) is 5.69 Å². The number of rotatable bonds is 8. The third-order valence-corrected chi connectivity index (χ3v) is 8.04. The van der Waals surface area contributed by atoms with Crippen molar-refractivity contribution >= 4 is 34.3 Å². The number of alkyl halides is 3. The lowest BCUT2D eigenvalue weighted by Gasteiger charge is -2.36. The van der Waals surface area contributed by atoms with Crippen LogP contribution in [-0.2, 0) is 11.0 Å². The van der Waals surface area contributed by atoms with Crippen LogP contribution in [0.4, 0.5) is 23.2 Å². The number of para-hydroxylation sites is 1. The van der Waals surface area contributed by atoms with Crippen LogP contribution in [0.3, 0.4) is 0 Å². The molecule has 1 fully saturated rings. The molecule has 0 atom stereocenters. The molecule has 5 rings (SSSR count). The first-order valence-corrected chi connectivity index (χ1v) is 14.3. The zero-order chi connectivity index (χ0) is 29.0. The minimum atomic E-state index is -4.39. The molecule has 0 radical (unpaired) electrons. The van der Waals surface area contributed by atoms with Crippen molar-refractivity contribution in [2.75, 3.05) is 36.8 Å². The maximum Gasteiger partial charge on any atom is 0.416 e. The number of aromatic nitrogens is 2. The van der Waals surface area contributed by atoms with Crippen molar-refractivity contribution in [3.63, 3.8) is 0 Å². The monoisotopic (exact) mass is 584 g/mol. The number of hydrogen-bond donors (Lipinski definition) is 0. The number of piperazine rings is 1. The zero-order valence-corrected chi connectivity index (χ0v) is 22.9. The number of fused-ring (bicyclic) bond motifs is 1. The van der Waals surface area contributed by atoms with Crippen LogP contribution in [0.5, 0.6) is 0 Å². The third kappa shape index (κ3) is 6.73. The molecule has 1 amide bonds. The van der Waals surface area contributed by atoms with E-state index in [0.29, 0.717) is 78.6 Å². The maximum absolute atomic E-state index is 13.5. The van der Waals surface area contributed by atoms with Gasteiger partial charge in [-0.1, -0.05) is 30.0 Å². The Labute approximate surface area is 238 Å². The van der Waals surface area contributed by atoms with E-state index in [0.717, 1.165) is 12.1 Å². The predicted octanol–water partition coefficient (Wildman–Crippen LogP) is 6.15. The van der Waals surface area contributed by atoms with E-state index in [1.165, 1.54) is 34.5 Å². The van der Waals surface area contributed by atoms with Crippen molar-refractivity contribution < 1.29 is 22.4 Å². The van der Waals surface area contributed by atoms with E-state index in [4.69, 9.17) is 0 Å².